The van der Waals surface area contributed by atoms with E-state index in [1.165, 1.54) is 12.1 Å². The molecule has 1 aromatic carbocycles. The van der Waals surface area contributed by atoms with Gasteiger partial charge in [-0.2, -0.15) is 0 Å². The Morgan fingerprint density at radius 3 is 2.26 bits per heavy atom. The van der Waals surface area contributed by atoms with E-state index in [0.29, 0.717) is 0 Å². The van der Waals surface area contributed by atoms with Gasteiger partial charge in [-0.05, 0) is 30.9 Å². The van der Waals surface area contributed by atoms with Crippen LogP contribution in [0, 0.1) is 5.92 Å². The summed E-state index contributed by atoms with van der Waals surface area (Å²) >= 11 is 11.7. The summed E-state index contributed by atoms with van der Waals surface area (Å²) in [5.41, 5.74) is 5.95. The standard InChI is InChI=1S/C12H12Cl2N2O3/c13-7-3-6(4-8(14)9(7)15)11(17)16-10(12(18)19)5-1-2-5/h3-5,10H,1-2,15H2,(H,16,17)(H,18,19). The first-order valence-corrected chi connectivity index (χ1v) is 6.44. The summed E-state index contributed by atoms with van der Waals surface area (Å²) in [6, 6.07) is 1.86. The van der Waals surface area contributed by atoms with E-state index >= 15 is 0 Å². The number of carboxylic acid groups (broad SMARTS) is 1. The van der Waals surface area contributed by atoms with Gasteiger partial charge in [-0.1, -0.05) is 23.2 Å². The number of nitrogens with two attached hydrogens (primary N) is 1. The maximum absolute atomic E-state index is 12.0. The van der Waals surface area contributed by atoms with Crippen molar-refractivity contribution in [2.45, 2.75) is 18.9 Å². The van der Waals surface area contributed by atoms with Gasteiger partial charge in [0.1, 0.15) is 6.04 Å². The highest BCUT2D eigenvalue weighted by Gasteiger charge is 2.37. The molecule has 2 rings (SSSR count). The number of benzene rings is 1. The van der Waals surface area contributed by atoms with Gasteiger partial charge in [0.15, 0.2) is 0 Å². The zero-order valence-corrected chi connectivity index (χ0v) is 11.3. The second-order valence-corrected chi connectivity index (χ2v) is 5.29. The molecule has 0 spiro atoms. The molecule has 0 heterocycles. The fourth-order valence-electron chi connectivity index (χ4n) is 1.75. The van der Waals surface area contributed by atoms with Crippen LogP contribution in [-0.2, 0) is 4.79 Å². The lowest BCUT2D eigenvalue weighted by Crippen LogP contribution is -2.42. The van der Waals surface area contributed by atoms with Crippen molar-refractivity contribution in [3.63, 3.8) is 0 Å². The SMILES string of the molecule is Nc1c(Cl)cc(C(=O)NC(C(=O)O)C2CC2)cc1Cl. The van der Waals surface area contributed by atoms with Crippen LogP contribution in [0.1, 0.15) is 23.2 Å². The minimum Gasteiger partial charge on any atom is -0.480 e. The van der Waals surface area contributed by atoms with Crippen LogP contribution >= 0.6 is 23.2 Å². The highest BCUT2D eigenvalue weighted by Crippen LogP contribution is 2.33. The Morgan fingerprint density at radius 2 is 1.84 bits per heavy atom. The van der Waals surface area contributed by atoms with Crippen molar-refractivity contribution in [1.29, 1.82) is 0 Å². The third-order valence-electron chi connectivity index (χ3n) is 2.99. The van der Waals surface area contributed by atoms with Gasteiger partial charge in [-0.15, -0.1) is 0 Å². The Balaban J connectivity index is 2.17. The first kappa shape index (κ1) is 14.0. The van der Waals surface area contributed by atoms with Gasteiger partial charge in [0.2, 0.25) is 0 Å². The van der Waals surface area contributed by atoms with Crippen molar-refractivity contribution in [3.05, 3.63) is 27.7 Å². The lowest BCUT2D eigenvalue weighted by atomic mass is 10.1. The third kappa shape index (κ3) is 3.11. The van der Waals surface area contributed by atoms with Crippen molar-refractivity contribution < 1.29 is 14.7 Å². The quantitative estimate of drug-likeness (QED) is 0.743. The van der Waals surface area contributed by atoms with E-state index in [1.54, 1.807) is 0 Å². The molecular weight excluding hydrogens is 291 g/mol. The summed E-state index contributed by atoms with van der Waals surface area (Å²) in [6.45, 7) is 0. The largest absolute Gasteiger partial charge is 0.480 e. The van der Waals surface area contributed by atoms with Gasteiger partial charge in [-0.3, -0.25) is 4.79 Å². The van der Waals surface area contributed by atoms with E-state index < -0.39 is 17.9 Å². The van der Waals surface area contributed by atoms with Crippen LogP contribution < -0.4 is 11.1 Å². The maximum atomic E-state index is 12.0. The Bertz CT molecular complexity index is 521. The Kier molecular flexibility index (Phi) is 3.87. The zero-order valence-electron chi connectivity index (χ0n) is 9.82. The van der Waals surface area contributed by atoms with Gasteiger partial charge in [0, 0.05) is 5.56 Å². The molecule has 5 nitrogen and oxygen atoms in total. The Labute approximate surface area is 119 Å². The van der Waals surface area contributed by atoms with Gasteiger partial charge in [-0.25, -0.2) is 4.79 Å². The summed E-state index contributed by atoms with van der Waals surface area (Å²) < 4.78 is 0. The molecule has 0 aliphatic heterocycles. The monoisotopic (exact) mass is 302 g/mol. The van der Waals surface area contributed by atoms with E-state index in [1.807, 2.05) is 0 Å². The highest BCUT2D eigenvalue weighted by atomic mass is 35.5. The molecule has 1 saturated carbocycles. The van der Waals surface area contributed by atoms with Gasteiger partial charge >= 0.3 is 5.97 Å². The molecule has 0 bridgehead atoms. The smallest absolute Gasteiger partial charge is 0.326 e. The number of aliphatic carboxylic acids is 1. The molecule has 1 aromatic rings. The summed E-state index contributed by atoms with van der Waals surface area (Å²) in [4.78, 5) is 23.0. The molecule has 1 fully saturated rings. The molecule has 7 heteroatoms. The topological polar surface area (TPSA) is 92.4 Å². The number of rotatable bonds is 4. The third-order valence-corrected chi connectivity index (χ3v) is 3.61. The van der Waals surface area contributed by atoms with Crippen molar-refractivity contribution >= 4 is 40.8 Å². The Hall–Kier alpha value is -1.46. The molecule has 0 saturated heterocycles. The van der Waals surface area contributed by atoms with Crippen molar-refractivity contribution in [1.82, 2.24) is 5.32 Å². The number of carboxylic acids is 1. The summed E-state index contributed by atoms with van der Waals surface area (Å²) in [6.07, 6.45) is 1.61. The number of carbonyl (C=O) groups is 2. The van der Waals surface area contributed by atoms with Crippen LogP contribution in [0.4, 0.5) is 5.69 Å². The molecule has 1 aliphatic rings. The second-order valence-electron chi connectivity index (χ2n) is 4.48. The highest BCUT2D eigenvalue weighted by molar-refractivity contribution is 6.39. The number of nitrogen functional groups attached to an aromatic ring is 1. The molecule has 1 atom stereocenters. The Morgan fingerprint density at radius 1 is 1.32 bits per heavy atom. The summed E-state index contributed by atoms with van der Waals surface area (Å²) in [7, 11) is 0. The van der Waals surface area contributed by atoms with Crippen molar-refractivity contribution in [2.75, 3.05) is 5.73 Å². The second kappa shape index (κ2) is 5.27. The number of anilines is 1. The fourth-order valence-corrected chi connectivity index (χ4v) is 2.24. The molecule has 4 N–H and O–H groups in total. The van der Waals surface area contributed by atoms with Crippen LogP contribution in [0.3, 0.4) is 0 Å². The molecule has 102 valence electrons. The minimum atomic E-state index is -1.04. The van der Waals surface area contributed by atoms with Crippen LogP contribution in [0.25, 0.3) is 0 Å². The first-order chi connectivity index (χ1) is 8.90. The van der Waals surface area contributed by atoms with E-state index in [0.717, 1.165) is 12.8 Å². The first-order valence-electron chi connectivity index (χ1n) is 5.68. The minimum absolute atomic E-state index is 0.00109. The van der Waals surface area contributed by atoms with E-state index in [-0.39, 0.29) is 27.2 Å². The molecule has 1 aliphatic carbocycles. The molecule has 19 heavy (non-hydrogen) atoms. The number of carbonyl (C=O) groups excluding carboxylic acids is 1. The van der Waals surface area contributed by atoms with E-state index in [2.05, 4.69) is 5.32 Å². The van der Waals surface area contributed by atoms with Gasteiger partial charge in [0.25, 0.3) is 5.91 Å². The normalized spacial score (nSPS) is 15.9. The fraction of sp³-hybridized carbons (Fsp3) is 0.333. The molecule has 1 unspecified atom stereocenters. The van der Waals surface area contributed by atoms with Gasteiger partial charge < -0.3 is 16.2 Å². The molecule has 0 radical (unpaired) electrons. The lowest BCUT2D eigenvalue weighted by molar-refractivity contribution is -0.139. The number of hydrogen-bond donors (Lipinski definition) is 3. The van der Waals surface area contributed by atoms with Crippen molar-refractivity contribution in [2.24, 2.45) is 5.92 Å². The molecule has 0 aromatic heterocycles. The molecular formula is C12H12Cl2N2O3. The molecule has 1 amide bonds. The van der Waals surface area contributed by atoms with E-state index in [9.17, 15) is 9.59 Å². The van der Waals surface area contributed by atoms with E-state index in [4.69, 9.17) is 34.0 Å². The zero-order chi connectivity index (χ0) is 14.2. The summed E-state index contributed by atoms with van der Waals surface area (Å²) in [5, 5.41) is 11.8. The number of hydrogen-bond acceptors (Lipinski definition) is 3. The van der Waals surface area contributed by atoms with Crippen LogP contribution in [0.5, 0.6) is 0 Å². The van der Waals surface area contributed by atoms with Crippen LogP contribution in [0.15, 0.2) is 12.1 Å². The number of halogens is 2. The summed E-state index contributed by atoms with van der Waals surface area (Å²) in [5.74, 6) is -1.56. The predicted molar refractivity (Wildman–Crippen MR) is 72.5 cm³/mol. The number of amides is 1. The maximum Gasteiger partial charge on any atom is 0.326 e. The predicted octanol–water partition coefficient (Wildman–Crippen LogP) is 2.17. The number of nitrogens with one attached hydrogen (secondary N) is 1. The van der Waals surface area contributed by atoms with Crippen molar-refractivity contribution in [3.8, 4) is 0 Å². The van der Waals surface area contributed by atoms with Crippen LogP contribution in [0.2, 0.25) is 10.0 Å². The average Bonchev–Trinajstić information content (AvgIpc) is 3.15. The lowest BCUT2D eigenvalue weighted by Gasteiger charge is -2.14. The van der Waals surface area contributed by atoms with Crippen LogP contribution in [-0.4, -0.2) is 23.0 Å². The average molecular weight is 303 g/mol. The van der Waals surface area contributed by atoms with Gasteiger partial charge in [0.05, 0.1) is 15.7 Å².